The molecule has 0 aromatic carbocycles. The number of hydrogen-bond acceptors (Lipinski definition) is 6. The van der Waals surface area contributed by atoms with E-state index >= 15 is 0 Å². The monoisotopic (exact) mass is 389 g/mol. The number of aromatic nitrogens is 4. The molecule has 1 unspecified atom stereocenters. The number of fused-ring (bicyclic) bond motifs is 1. The topological polar surface area (TPSA) is 93.6 Å². The number of nitriles is 1. The van der Waals surface area contributed by atoms with E-state index in [0.29, 0.717) is 34.8 Å². The molecule has 2 aromatic heterocycles. The van der Waals surface area contributed by atoms with E-state index in [2.05, 4.69) is 23.0 Å². The summed E-state index contributed by atoms with van der Waals surface area (Å²) in [7, 11) is 1.47. The number of rotatable bonds is 9. The zero-order chi connectivity index (χ0) is 20.0. The summed E-state index contributed by atoms with van der Waals surface area (Å²) in [4.78, 5) is 34.6. The van der Waals surface area contributed by atoms with Gasteiger partial charge in [0.2, 0.25) is 0 Å². The summed E-state index contributed by atoms with van der Waals surface area (Å²) in [5.41, 5.74) is -0.389. The van der Waals surface area contributed by atoms with Gasteiger partial charge < -0.3 is 0 Å². The minimum Gasteiger partial charge on any atom is -0.277 e. The van der Waals surface area contributed by atoms with Crippen molar-refractivity contribution in [1.29, 1.82) is 5.26 Å². The van der Waals surface area contributed by atoms with E-state index in [-0.39, 0.29) is 10.9 Å². The molecule has 0 saturated carbocycles. The summed E-state index contributed by atoms with van der Waals surface area (Å²) in [5.74, 6) is 0.628. The molecular formula is C19H27N5O2S. The predicted molar refractivity (Wildman–Crippen MR) is 108 cm³/mol. The van der Waals surface area contributed by atoms with Crippen LogP contribution in [0.1, 0.15) is 58.7 Å². The highest BCUT2D eigenvalue weighted by molar-refractivity contribution is 8.00. The van der Waals surface area contributed by atoms with Crippen LogP contribution in [0.4, 0.5) is 0 Å². The van der Waals surface area contributed by atoms with Gasteiger partial charge in [0.15, 0.2) is 5.65 Å². The Morgan fingerprint density at radius 3 is 2.52 bits per heavy atom. The Bertz CT molecular complexity index is 958. The molecule has 1 atom stereocenters. The molecule has 0 saturated heterocycles. The first-order valence-corrected chi connectivity index (χ1v) is 10.4. The van der Waals surface area contributed by atoms with E-state index in [9.17, 15) is 14.9 Å². The molecule has 7 nitrogen and oxygen atoms in total. The van der Waals surface area contributed by atoms with E-state index in [1.54, 1.807) is 11.5 Å². The zero-order valence-electron chi connectivity index (χ0n) is 16.5. The lowest BCUT2D eigenvalue weighted by molar-refractivity contribution is 0.602. The summed E-state index contributed by atoms with van der Waals surface area (Å²) in [6, 6.07) is 2.17. The lowest BCUT2D eigenvalue weighted by atomic mass is 10.1. The van der Waals surface area contributed by atoms with Crippen LogP contribution in [0, 0.1) is 11.3 Å². The Balaban J connectivity index is 2.68. The largest absolute Gasteiger partial charge is 0.332 e. The van der Waals surface area contributed by atoms with Crippen molar-refractivity contribution in [2.45, 2.75) is 76.1 Å². The molecule has 2 heterocycles. The number of aryl methyl sites for hydroxylation is 2. The first-order valence-electron chi connectivity index (χ1n) is 9.51. The summed E-state index contributed by atoms with van der Waals surface area (Å²) < 4.78 is 2.65. The van der Waals surface area contributed by atoms with Crippen LogP contribution in [0.15, 0.2) is 14.6 Å². The van der Waals surface area contributed by atoms with Crippen LogP contribution in [-0.4, -0.2) is 24.4 Å². The van der Waals surface area contributed by atoms with Gasteiger partial charge >= 0.3 is 5.69 Å². The molecular weight excluding hydrogens is 362 g/mol. The third-order valence-electron chi connectivity index (χ3n) is 4.37. The average molecular weight is 390 g/mol. The molecule has 0 bridgehead atoms. The van der Waals surface area contributed by atoms with Gasteiger partial charge in [-0.25, -0.2) is 14.8 Å². The Labute approximate surface area is 163 Å². The summed E-state index contributed by atoms with van der Waals surface area (Å²) in [6.45, 7) is 6.38. The Morgan fingerprint density at radius 2 is 1.89 bits per heavy atom. The van der Waals surface area contributed by atoms with Gasteiger partial charge in [-0.1, -0.05) is 44.9 Å². The van der Waals surface area contributed by atoms with Gasteiger partial charge in [-0.05, 0) is 19.8 Å². The molecule has 0 spiro atoms. The van der Waals surface area contributed by atoms with E-state index in [1.165, 1.54) is 18.8 Å². The van der Waals surface area contributed by atoms with Crippen LogP contribution in [0.25, 0.3) is 11.0 Å². The number of hydrogen-bond donors (Lipinski definition) is 0. The van der Waals surface area contributed by atoms with Crippen molar-refractivity contribution in [2.24, 2.45) is 7.05 Å². The van der Waals surface area contributed by atoms with Crippen molar-refractivity contribution in [1.82, 2.24) is 19.1 Å². The highest BCUT2D eigenvalue weighted by atomic mass is 32.2. The second kappa shape index (κ2) is 9.70. The van der Waals surface area contributed by atoms with Crippen LogP contribution in [0.5, 0.6) is 0 Å². The fourth-order valence-electron chi connectivity index (χ4n) is 2.91. The molecule has 0 aliphatic rings. The molecule has 0 aliphatic heterocycles. The second-order valence-corrected chi connectivity index (χ2v) is 7.97. The van der Waals surface area contributed by atoms with E-state index in [0.717, 1.165) is 36.7 Å². The third kappa shape index (κ3) is 4.78. The fraction of sp³-hybridized carbons (Fsp3) is 0.632. The molecule has 27 heavy (non-hydrogen) atoms. The minimum absolute atomic E-state index is 0.329. The van der Waals surface area contributed by atoms with E-state index < -0.39 is 5.56 Å². The molecule has 2 aromatic rings. The third-order valence-corrected chi connectivity index (χ3v) is 5.34. The van der Waals surface area contributed by atoms with Crippen LogP contribution in [-0.2, 0) is 20.0 Å². The summed E-state index contributed by atoms with van der Waals surface area (Å²) in [5, 5.41) is 9.66. The normalized spacial score (nSPS) is 12.3. The smallest absolute Gasteiger partial charge is 0.277 e. The second-order valence-electron chi connectivity index (χ2n) is 6.64. The Hall–Kier alpha value is -2.14. The molecule has 2 rings (SSSR count). The quantitative estimate of drug-likeness (QED) is 0.372. The Kier molecular flexibility index (Phi) is 7.60. The molecule has 0 radical (unpaired) electrons. The van der Waals surface area contributed by atoms with Gasteiger partial charge in [0.25, 0.3) is 5.56 Å². The summed E-state index contributed by atoms with van der Waals surface area (Å²) >= 11 is 1.25. The first-order chi connectivity index (χ1) is 12.9. The Morgan fingerprint density at radius 1 is 1.15 bits per heavy atom. The van der Waals surface area contributed by atoms with Crippen molar-refractivity contribution >= 4 is 22.8 Å². The van der Waals surface area contributed by atoms with E-state index in [4.69, 9.17) is 0 Å². The molecule has 0 N–H and O–H groups in total. The van der Waals surface area contributed by atoms with Crippen molar-refractivity contribution in [3.05, 3.63) is 26.7 Å². The highest BCUT2D eigenvalue weighted by Gasteiger charge is 2.20. The van der Waals surface area contributed by atoms with Crippen LogP contribution < -0.4 is 11.2 Å². The van der Waals surface area contributed by atoms with Gasteiger partial charge in [0, 0.05) is 20.0 Å². The lowest BCUT2D eigenvalue weighted by Gasteiger charge is -2.14. The van der Waals surface area contributed by atoms with Crippen molar-refractivity contribution in [2.75, 3.05) is 0 Å². The molecule has 0 fully saturated rings. The van der Waals surface area contributed by atoms with Crippen molar-refractivity contribution in [3.8, 4) is 6.07 Å². The lowest BCUT2D eigenvalue weighted by Crippen LogP contribution is -2.39. The van der Waals surface area contributed by atoms with Crippen LogP contribution >= 0.6 is 11.8 Å². The average Bonchev–Trinajstić information content (AvgIpc) is 2.66. The minimum atomic E-state index is -0.410. The standard InChI is InChI=1S/C19H27N5O2S/c1-5-7-8-9-10-14-21-16-15(17(22-14)27-13(3)12-20)18(25)23(4)19(26)24(16)11-6-2/h13H,5-11H2,1-4H3. The first kappa shape index (κ1) is 21.2. The zero-order valence-corrected chi connectivity index (χ0v) is 17.3. The predicted octanol–water partition coefficient (Wildman–Crippen LogP) is 3.03. The maximum atomic E-state index is 12.8. The highest BCUT2D eigenvalue weighted by Crippen LogP contribution is 2.26. The maximum Gasteiger partial charge on any atom is 0.332 e. The van der Waals surface area contributed by atoms with Crippen molar-refractivity contribution in [3.63, 3.8) is 0 Å². The van der Waals surface area contributed by atoms with Gasteiger partial charge in [0.1, 0.15) is 16.2 Å². The summed E-state index contributed by atoms with van der Waals surface area (Å²) in [6.07, 6.45) is 5.79. The number of nitrogens with zero attached hydrogens (tertiary/aromatic N) is 5. The van der Waals surface area contributed by atoms with Gasteiger partial charge in [0.05, 0.1) is 11.3 Å². The van der Waals surface area contributed by atoms with Crippen LogP contribution in [0.3, 0.4) is 0 Å². The molecule has 146 valence electrons. The molecule has 8 heteroatoms. The SMILES string of the molecule is CCCCCCc1nc(SC(C)C#N)c2c(=O)n(C)c(=O)n(CCC)c2n1. The van der Waals surface area contributed by atoms with Gasteiger partial charge in [-0.2, -0.15) is 5.26 Å². The fourth-order valence-corrected chi connectivity index (χ4v) is 3.75. The van der Waals surface area contributed by atoms with Gasteiger partial charge in [-0.3, -0.25) is 13.9 Å². The van der Waals surface area contributed by atoms with Crippen LogP contribution in [0.2, 0.25) is 0 Å². The van der Waals surface area contributed by atoms with Gasteiger partial charge in [-0.15, -0.1) is 0 Å². The number of unbranched alkanes of at least 4 members (excludes halogenated alkanes) is 3. The molecule has 0 aliphatic carbocycles. The van der Waals surface area contributed by atoms with Crippen molar-refractivity contribution < 1.29 is 0 Å². The molecule has 0 amide bonds. The van der Waals surface area contributed by atoms with E-state index in [1.807, 2.05) is 6.92 Å². The maximum absolute atomic E-state index is 12.8. The number of thioether (sulfide) groups is 1.